The molecule has 39 heavy (non-hydrogen) atoms. The number of hydrogen-bond acceptors (Lipinski definition) is 5. The van der Waals surface area contributed by atoms with Gasteiger partial charge in [-0.3, -0.25) is 0 Å². The van der Waals surface area contributed by atoms with Crippen LogP contribution in [0, 0.1) is 11.8 Å². The molecule has 2 unspecified atom stereocenters. The molecular weight excluding hydrogens is 486 g/mol. The van der Waals surface area contributed by atoms with E-state index in [2.05, 4.69) is 116 Å². The highest BCUT2D eigenvalue weighted by Gasteiger charge is 2.60. The van der Waals surface area contributed by atoms with Crippen LogP contribution in [0.15, 0.2) is 71.6 Å². The molecule has 0 radical (unpaired) electrons. The van der Waals surface area contributed by atoms with Crippen LogP contribution in [0.3, 0.4) is 0 Å². The summed E-state index contributed by atoms with van der Waals surface area (Å²) in [4.78, 5) is 0. The third-order valence-electron chi connectivity index (χ3n) is 9.84. The zero-order valence-electron chi connectivity index (χ0n) is 24.5. The van der Waals surface area contributed by atoms with Crippen molar-refractivity contribution in [2.45, 2.75) is 77.8 Å². The molecule has 6 rings (SSSR count). The average Bonchev–Trinajstić information content (AvgIpc) is 3.50. The highest BCUT2D eigenvalue weighted by Crippen LogP contribution is 2.55. The maximum absolute atomic E-state index is 6.81. The third kappa shape index (κ3) is 4.29. The molecule has 0 N–H and O–H groups in total. The summed E-state index contributed by atoms with van der Waals surface area (Å²) in [5.74, 6) is 0.235. The minimum atomic E-state index is -0.556. The summed E-state index contributed by atoms with van der Waals surface area (Å²) >= 11 is 0. The summed E-state index contributed by atoms with van der Waals surface area (Å²) in [6.45, 7) is 18.1. The summed E-state index contributed by atoms with van der Waals surface area (Å²) in [7, 11) is -1.06. The van der Waals surface area contributed by atoms with Crippen molar-refractivity contribution in [1.82, 2.24) is 0 Å². The van der Waals surface area contributed by atoms with E-state index >= 15 is 0 Å². The van der Waals surface area contributed by atoms with Crippen molar-refractivity contribution in [3.8, 4) is 0 Å². The molecule has 7 heteroatoms. The molecule has 3 heterocycles. The minimum Gasteiger partial charge on any atom is -0.400 e. The number of rotatable bonds is 4. The Hall–Kier alpha value is -2.15. The third-order valence-corrected chi connectivity index (χ3v) is 9.84. The van der Waals surface area contributed by atoms with Crippen molar-refractivity contribution < 1.29 is 23.4 Å². The molecule has 3 saturated heterocycles. The lowest BCUT2D eigenvalue weighted by molar-refractivity contribution is 0.00578. The number of fused-ring (bicyclic) bond motifs is 1. The van der Waals surface area contributed by atoms with Crippen LogP contribution in [0.1, 0.15) is 66.5 Å². The summed E-state index contributed by atoms with van der Waals surface area (Å²) in [5, 5.41) is 0. The van der Waals surface area contributed by atoms with E-state index in [1.807, 2.05) is 0 Å². The maximum atomic E-state index is 6.81. The Labute approximate surface area is 234 Å². The number of allylic oxidation sites excluding steroid dienone is 2. The second-order valence-corrected chi connectivity index (χ2v) is 13.3. The predicted octanol–water partition coefficient (Wildman–Crippen LogP) is 6.43. The van der Waals surface area contributed by atoms with Crippen molar-refractivity contribution in [2.24, 2.45) is 11.8 Å². The van der Waals surface area contributed by atoms with Crippen LogP contribution in [-0.4, -0.2) is 49.9 Å². The van der Waals surface area contributed by atoms with Gasteiger partial charge in [0.25, 0.3) is 0 Å². The zero-order chi connectivity index (χ0) is 27.8. The lowest BCUT2D eigenvalue weighted by atomic mass is 9.53. The molecule has 3 fully saturated rings. The molecular formula is C32H40B2O5. The fraction of sp³-hybridized carbons (Fsp3) is 0.500. The topological polar surface area (TPSA) is 46.2 Å². The molecule has 2 aromatic carbocycles. The average molecular weight is 526 g/mol. The van der Waals surface area contributed by atoms with Gasteiger partial charge < -0.3 is 23.4 Å². The van der Waals surface area contributed by atoms with Crippen molar-refractivity contribution in [2.75, 3.05) is 13.2 Å². The second kappa shape index (κ2) is 9.19. The van der Waals surface area contributed by atoms with Crippen LogP contribution < -0.4 is 0 Å². The Bertz CT molecular complexity index is 1280. The molecule has 2 atom stereocenters. The predicted molar refractivity (Wildman–Crippen MR) is 157 cm³/mol. The number of benzene rings is 2. The Kier molecular flexibility index (Phi) is 6.37. The second-order valence-electron chi connectivity index (χ2n) is 13.3. The lowest BCUT2D eigenvalue weighted by Gasteiger charge is -2.36. The van der Waals surface area contributed by atoms with E-state index in [4.69, 9.17) is 23.4 Å². The first-order valence-corrected chi connectivity index (χ1v) is 14.2. The van der Waals surface area contributed by atoms with Gasteiger partial charge in [-0.25, -0.2) is 0 Å². The molecule has 3 aliphatic heterocycles. The molecule has 0 aromatic heterocycles. The Balaban J connectivity index is 1.66. The molecule has 0 saturated carbocycles. The lowest BCUT2D eigenvalue weighted by Crippen LogP contribution is -2.41. The monoisotopic (exact) mass is 526 g/mol. The summed E-state index contributed by atoms with van der Waals surface area (Å²) in [6.07, 6.45) is 0. The van der Waals surface area contributed by atoms with E-state index < -0.39 is 36.6 Å². The molecule has 2 aromatic rings. The van der Waals surface area contributed by atoms with Crippen LogP contribution in [0.5, 0.6) is 0 Å². The van der Waals surface area contributed by atoms with Gasteiger partial charge in [0.2, 0.25) is 0 Å². The molecule has 5 nitrogen and oxygen atoms in total. The van der Waals surface area contributed by atoms with Gasteiger partial charge in [0.1, 0.15) is 0 Å². The Morgan fingerprint density at radius 1 is 0.564 bits per heavy atom. The van der Waals surface area contributed by atoms with Crippen LogP contribution in [0.25, 0.3) is 11.1 Å². The van der Waals surface area contributed by atoms with Crippen molar-refractivity contribution in [3.63, 3.8) is 0 Å². The van der Waals surface area contributed by atoms with Crippen molar-refractivity contribution in [3.05, 3.63) is 82.7 Å². The van der Waals surface area contributed by atoms with Crippen LogP contribution in [0.4, 0.5) is 0 Å². The zero-order valence-corrected chi connectivity index (χ0v) is 24.5. The highest BCUT2D eigenvalue weighted by atomic mass is 16.7. The van der Waals surface area contributed by atoms with E-state index in [0.717, 1.165) is 22.1 Å². The van der Waals surface area contributed by atoms with Crippen LogP contribution >= 0.6 is 0 Å². The fourth-order valence-corrected chi connectivity index (χ4v) is 6.20. The van der Waals surface area contributed by atoms with Gasteiger partial charge >= 0.3 is 14.2 Å². The number of ether oxygens (including phenoxy) is 1. The molecule has 1 aliphatic carbocycles. The molecule has 4 aliphatic rings. The standard InChI is InChI=1S/C32H40B2O5/c1-29(2)30(3,4)37-33(36-29)27-24-20-35-19-23(24)25(21-15-11-9-12-16-21)28(26(27)22-17-13-10-14-18-22)34-38-31(5,6)32(7,8)39-34/h9-18,23-24H,19-20H2,1-8H3. The fourth-order valence-electron chi connectivity index (χ4n) is 6.20. The van der Waals surface area contributed by atoms with E-state index in [1.165, 1.54) is 11.1 Å². The van der Waals surface area contributed by atoms with Gasteiger partial charge in [0, 0.05) is 11.8 Å². The molecule has 204 valence electrons. The normalized spacial score (nSPS) is 28.8. The van der Waals surface area contributed by atoms with Crippen LogP contribution in [0.2, 0.25) is 0 Å². The summed E-state index contributed by atoms with van der Waals surface area (Å²) < 4.78 is 33.4. The van der Waals surface area contributed by atoms with E-state index in [9.17, 15) is 0 Å². The number of hydrogen-bond donors (Lipinski definition) is 0. The van der Waals surface area contributed by atoms with Gasteiger partial charge in [0.15, 0.2) is 0 Å². The van der Waals surface area contributed by atoms with Gasteiger partial charge in [-0.05, 0) is 88.6 Å². The molecule has 0 amide bonds. The van der Waals surface area contributed by atoms with Gasteiger partial charge in [-0.2, -0.15) is 0 Å². The van der Waals surface area contributed by atoms with E-state index in [1.54, 1.807) is 0 Å². The minimum absolute atomic E-state index is 0.108. The smallest absolute Gasteiger partial charge is 0.400 e. The van der Waals surface area contributed by atoms with Crippen LogP contribution in [-0.2, 0) is 23.4 Å². The summed E-state index contributed by atoms with van der Waals surface area (Å²) in [5.41, 5.74) is 4.90. The van der Waals surface area contributed by atoms with Crippen molar-refractivity contribution >= 4 is 25.4 Å². The quantitative estimate of drug-likeness (QED) is 0.430. The van der Waals surface area contributed by atoms with E-state index in [-0.39, 0.29) is 11.8 Å². The first-order valence-electron chi connectivity index (χ1n) is 14.2. The first-order chi connectivity index (χ1) is 18.3. The van der Waals surface area contributed by atoms with Crippen molar-refractivity contribution in [1.29, 1.82) is 0 Å². The SMILES string of the molecule is CC1(C)OB(C2=C(c3ccccc3)C3COCC3C(B3OC(C)(C)C(C)(C)O3)=C2c2ccccc2)OC1(C)C. The Morgan fingerprint density at radius 2 is 1.00 bits per heavy atom. The van der Waals surface area contributed by atoms with E-state index in [0.29, 0.717) is 13.2 Å². The summed E-state index contributed by atoms with van der Waals surface area (Å²) in [6, 6.07) is 21.2. The van der Waals surface area contributed by atoms with Gasteiger partial charge in [0.05, 0.1) is 35.6 Å². The first kappa shape index (κ1) is 27.0. The Morgan fingerprint density at radius 3 is 1.51 bits per heavy atom. The van der Waals surface area contributed by atoms with Gasteiger partial charge in [-0.15, -0.1) is 0 Å². The largest absolute Gasteiger partial charge is 0.495 e. The maximum Gasteiger partial charge on any atom is 0.495 e. The molecule has 0 bridgehead atoms. The van der Waals surface area contributed by atoms with Gasteiger partial charge in [-0.1, -0.05) is 60.7 Å². The molecule has 0 spiro atoms. The highest BCUT2D eigenvalue weighted by molar-refractivity contribution is 6.64.